The molecule has 1 aromatic carbocycles. The second-order valence-corrected chi connectivity index (χ2v) is 4.63. The molecule has 0 saturated heterocycles. The Balaban J connectivity index is 2.09. The van der Waals surface area contributed by atoms with Gasteiger partial charge in [0, 0.05) is 31.5 Å². The maximum absolute atomic E-state index is 12.0. The van der Waals surface area contributed by atoms with Crippen molar-refractivity contribution < 1.29 is 4.74 Å². The summed E-state index contributed by atoms with van der Waals surface area (Å²) in [6, 6.07) is 7.47. The van der Waals surface area contributed by atoms with Crippen molar-refractivity contribution in [3.8, 4) is 5.75 Å². The van der Waals surface area contributed by atoms with Crippen LogP contribution in [0.15, 0.2) is 41.5 Å². The van der Waals surface area contributed by atoms with Crippen molar-refractivity contribution in [1.82, 2.24) is 9.13 Å². The van der Waals surface area contributed by atoms with Crippen LogP contribution in [0.3, 0.4) is 0 Å². The first-order valence-electron chi connectivity index (χ1n) is 6.89. The summed E-state index contributed by atoms with van der Waals surface area (Å²) in [5, 5.41) is 0. The summed E-state index contributed by atoms with van der Waals surface area (Å²) < 4.78 is 8.70. The number of aryl methyl sites for hydroxylation is 1. The van der Waals surface area contributed by atoms with E-state index in [9.17, 15) is 4.79 Å². The zero-order valence-electron chi connectivity index (χ0n) is 12.0. The molecule has 1 aromatic heterocycles. The molecule has 2 N–H and O–H groups in total. The van der Waals surface area contributed by atoms with Crippen molar-refractivity contribution in [1.29, 1.82) is 0 Å². The van der Waals surface area contributed by atoms with E-state index in [1.54, 1.807) is 21.5 Å². The number of aromatic nitrogens is 2. The van der Waals surface area contributed by atoms with Gasteiger partial charge in [-0.15, -0.1) is 0 Å². The lowest BCUT2D eigenvalue weighted by molar-refractivity contribution is 0.340. The van der Waals surface area contributed by atoms with Gasteiger partial charge in [0.1, 0.15) is 5.75 Å². The Bertz CT molecular complexity index is 598. The number of hydrogen-bond donors (Lipinski definition) is 1. The van der Waals surface area contributed by atoms with Crippen LogP contribution in [0.25, 0.3) is 0 Å². The molecular formula is C15H21N3O2. The molecule has 20 heavy (non-hydrogen) atoms. The van der Waals surface area contributed by atoms with Crippen LogP contribution in [0.2, 0.25) is 0 Å². The highest BCUT2D eigenvalue weighted by molar-refractivity contribution is 5.29. The van der Waals surface area contributed by atoms with Gasteiger partial charge in [-0.2, -0.15) is 0 Å². The van der Waals surface area contributed by atoms with Crippen molar-refractivity contribution in [3.63, 3.8) is 0 Å². The topological polar surface area (TPSA) is 62.2 Å². The average molecular weight is 275 g/mol. The molecule has 0 fully saturated rings. The number of imidazole rings is 1. The molecule has 1 atom stereocenters. The standard InChI is InChI=1S/C15H21N3O2/c1-3-17-9-10-18(15(17)19)11-14(16)12-5-7-13(8-6-12)20-4-2/h5-10,14H,3-4,11,16H2,1-2H3. The fourth-order valence-electron chi connectivity index (χ4n) is 2.13. The van der Waals surface area contributed by atoms with Crippen LogP contribution in [0.4, 0.5) is 0 Å². The summed E-state index contributed by atoms with van der Waals surface area (Å²) in [6.07, 6.45) is 3.56. The van der Waals surface area contributed by atoms with Crippen molar-refractivity contribution in [3.05, 3.63) is 52.7 Å². The highest BCUT2D eigenvalue weighted by atomic mass is 16.5. The monoisotopic (exact) mass is 275 g/mol. The van der Waals surface area contributed by atoms with E-state index in [1.807, 2.05) is 38.1 Å². The Hall–Kier alpha value is -2.01. The van der Waals surface area contributed by atoms with E-state index in [2.05, 4.69) is 0 Å². The van der Waals surface area contributed by atoms with E-state index in [1.165, 1.54) is 0 Å². The van der Waals surface area contributed by atoms with Crippen LogP contribution in [-0.2, 0) is 13.1 Å². The molecule has 0 radical (unpaired) electrons. The number of hydrogen-bond acceptors (Lipinski definition) is 3. The molecule has 0 saturated carbocycles. The maximum atomic E-state index is 12.0. The van der Waals surface area contributed by atoms with Crippen molar-refractivity contribution >= 4 is 0 Å². The van der Waals surface area contributed by atoms with E-state index >= 15 is 0 Å². The molecular weight excluding hydrogens is 254 g/mol. The number of nitrogens with zero attached hydrogens (tertiary/aromatic N) is 2. The van der Waals surface area contributed by atoms with E-state index in [-0.39, 0.29) is 11.7 Å². The minimum absolute atomic E-state index is 0.0195. The van der Waals surface area contributed by atoms with E-state index < -0.39 is 0 Å². The van der Waals surface area contributed by atoms with Crippen LogP contribution >= 0.6 is 0 Å². The first-order valence-corrected chi connectivity index (χ1v) is 6.89. The molecule has 0 amide bonds. The highest BCUT2D eigenvalue weighted by Crippen LogP contribution is 2.17. The summed E-state index contributed by atoms with van der Waals surface area (Å²) in [4.78, 5) is 12.0. The van der Waals surface area contributed by atoms with Crippen molar-refractivity contribution in [2.24, 2.45) is 5.73 Å². The van der Waals surface area contributed by atoms with Crippen LogP contribution in [0.1, 0.15) is 25.5 Å². The molecule has 0 spiro atoms. The zero-order valence-corrected chi connectivity index (χ0v) is 12.0. The predicted molar refractivity (Wildman–Crippen MR) is 78.9 cm³/mol. The van der Waals surface area contributed by atoms with Gasteiger partial charge in [0.15, 0.2) is 0 Å². The Labute approximate surface area is 118 Å². The summed E-state index contributed by atoms with van der Waals surface area (Å²) >= 11 is 0. The molecule has 5 nitrogen and oxygen atoms in total. The summed E-state index contributed by atoms with van der Waals surface area (Å²) in [5.41, 5.74) is 7.13. The molecule has 0 bridgehead atoms. The largest absolute Gasteiger partial charge is 0.494 e. The van der Waals surface area contributed by atoms with Crippen molar-refractivity contribution in [2.45, 2.75) is 33.0 Å². The highest BCUT2D eigenvalue weighted by Gasteiger charge is 2.10. The molecule has 0 aliphatic carbocycles. The van der Waals surface area contributed by atoms with Gasteiger partial charge in [-0.3, -0.25) is 9.13 Å². The lowest BCUT2D eigenvalue weighted by Gasteiger charge is -2.13. The molecule has 2 rings (SSSR count). The van der Waals surface area contributed by atoms with Crippen molar-refractivity contribution in [2.75, 3.05) is 6.61 Å². The lowest BCUT2D eigenvalue weighted by Crippen LogP contribution is -2.28. The van der Waals surface area contributed by atoms with Gasteiger partial charge < -0.3 is 10.5 Å². The fourth-order valence-corrected chi connectivity index (χ4v) is 2.13. The van der Waals surface area contributed by atoms with E-state index in [0.717, 1.165) is 11.3 Å². The molecule has 0 aliphatic rings. The Morgan fingerprint density at radius 2 is 1.80 bits per heavy atom. The summed E-state index contributed by atoms with van der Waals surface area (Å²) in [6.45, 7) is 5.68. The van der Waals surface area contributed by atoms with Gasteiger partial charge >= 0.3 is 5.69 Å². The van der Waals surface area contributed by atoms with Gasteiger partial charge in [-0.25, -0.2) is 4.79 Å². The number of ether oxygens (including phenoxy) is 1. The van der Waals surface area contributed by atoms with Crippen LogP contribution in [-0.4, -0.2) is 15.7 Å². The van der Waals surface area contributed by atoms with Gasteiger partial charge in [0.2, 0.25) is 0 Å². The zero-order chi connectivity index (χ0) is 14.5. The normalized spacial score (nSPS) is 12.3. The average Bonchev–Trinajstić information content (AvgIpc) is 2.80. The predicted octanol–water partition coefficient (Wildman–Crippen LogP) is 1.77. The first kappa shape index (κ1) is 14.4. The Morgan fingerprint density at radius 3 is 2.35 bits per heavy atom. The molecule has 5 heteroatoms. The van der Waals surface area contributed by atoms with E-state index in [4.69, 9.17) is 10.5 Å². The molecule has 2 aromatic rings. The second kappa shape index (κ2) is 6.43. The van der Waals surface area contributed by atoms with Crippen LogP contribution in [0, 0.1) is 0 Å². The fraction of sp³-hybridized carbons (Fsp3) is 0.400. The van der Waals surface area contributed by atoms with Crippen LogP contribution < -0.4 is 16.2 Å². The number of rotatable bonds is 6. The third kappa shape index (κ3) is 3.11. The Morgan fingerprint density at radius 1 is 1.15 bits per heavy atom. The third-order valence-electron chi connectivity index (χ3n) is 3.27. The number of nitrogens with two attached hydrogens (primary N) is 1. The quantitative estimate of drug-likeness (QED) is 0.874. The minimum atomic E-state index is -0.212. The van der Waals surface area contributed by atoms with Gasteiger partial charge in [0.05, 0.1) is 6.61 Å². The lowest BCUT2D eigenvalue weighted by atomic mass is 10.1. The third-order valence-corrected chi connectivity index (χ3v) is 3.27. The van der Waals surface area contributed by atoms with Gasteiger partial charge in [-0.1, -0.05) is 12.1 Å². The minimum Gasteiger partial charge on any atom is -0.494 e. The van der Waals surface area contributed by atoms with Crippen LogP contribution in [0.5, 0.6) is 5.75 Å². The van der Waals surface area contributed by atoms with Gasteiger partial charge in [0.25, 0.3) is 0 Å². The second-order valence-electron chi connectivity index (χ2n) is 4.63. The first-order chi connectivity index (χ1) is 9.65. The maximum Gasteiger partial charge on any atom is 0.328 e. The summed E-state index contributed by atoms with van der Waals surface area (Å²) in [7, 11) is 0. The van der Waals surface area contributed by atoms with E-state index in [0.29, 0.717) is 19.7 Å². The van der Waals surface area contributed by atoms with Gasteiger partial charge in [-0.05, 0) is 31.5 Å². The summed E-state index contributed by atoms with van der Waals surface area (Å²) in [5.74, 6) is 0.831. The number of benzene rings is 1. The molecule has 1 heterocycles. The SMILES string of the molecule is CCOc1ccc(C(N)Cn2ccn(CC)c2=O)cc1. The smallest absolute Gasteiger partial charge is 0.328 e. The molecule has 0 aliphatic heterocycles. The Kier molecular flexibility index (Phi) is 4.63. The molecule has 1 unspecified atom stereocenters. The molecule has 108 valence electrons.